The fourth-order valence-corrected chi connectivity index (χ4v) is 3.86. The van der Waals surface area contributed by atoms with Crippen molar-refractivity contribution in [3.63, 3.8) is 0 Å². The van der Waals surface area contributed by atoms with E-state index in [1.807, 2.05) is 17.5 Å². The molecule has 0 aliphatic carbocycles. The zero-order chi connectivity index (χ0) is 14.8. The molecular formula is C13H11FO4S2. The predicted molar refractivity (Wildman–Crippen MR) is 73.4 cm³/mol. The second kappa shape index (κ2) is 5.72. The maximum atomic E-state index is 13.7. The van der Waals surface area contributed by atoms with Crippen molar-refractivity contribution >= 4 is 27.1 Å². The molecule has 0 unspecified atom stereocenters. The van der Waals surface area contributed by atoms with E-state index in [9.17, 15) is 17.6 Å². The fourth-order valence-electron chi connectivity index (χ4n) is 1.69. The van der Waals surface area contributed by atoms with Gasteiger partial charge in [-0.3, -0.25) is 0 Å². The number of hydrogen-bond acceptors (Lipinski definition) is 4. The Labute approximate surface area is 119 Å². The minimum absolute atomic E-state index is 0.211. The Kier molecular flexibility index (Phi) is 4.20. The highest BCUT2D eigenvalue weighted by Crippen LogP contribution is 2.19. The molecule has 1 aromatic carbocycles. The first-order valence-corrected chi connectivity index (χ1v) is 8.21. The van der Waals surface area contributed by atoms with Gasteiger partial charge in [0.2, 0.25) is 0 Å². The number of carboxylic acids is 1. The lowest BCUT2D eigenvalue weighted by atomic mass is 10.2. The summed E-state index contributed by atoms with van der Waals surface area (Å²) < 4.78 is 37.8. The lowest BCUT2D eigenvalue weighted by Crippen LogP contribution is -2.11. The van der Waals surface area contributed by atoms with Crippen molar-refractivity contribution < 1.29 is 22.7 Å². The smallest absolute Gasteiger partial charge is 0.335 e. The Hall–Kier alpha value is -1.73. The third kappa shape index (κ3) is 3.23. The van der Waals surface area contributed by atoms with E-state index in [4.69, 9.17) is 5.11 Å². The van der Waals surface area contributed by atoms with Gasteiger partial charge in [-0.15, -0.1) is 11.3 Å². The normalized spacial score (nSPS) is 11.4. The van der Waals surface area contributed by atoms with Crippen LogP contribution in [0, 0.1) is 5.82 Å². The summed E-state index contributed by atoms with van der Waals surface area (Å²) in [5.74, 6) is -2.54. The quantitative estimate of drug-likeness (QED) is 0.921. The van der Waals surface area contributed by atoms with Gasteiger partial charge in [0.15, 0.2) is 9.84 Å². The molecule has 0 radical (unpaired) electrons. The maximum Gasteiger partial charge on any atom is 0.335 e. The summed E-state index contributed by atoms with van der Waals surface area (Å²) >= 11 is 1.43. The summed E-state index contributed by atoms with van der Waals surface area (Å²) in [6, 6.07) is 6.44. The molecule has 0 atom stereocenters. The molecule has 0 fully saturated rings. The number of thiophene rings is 1. The molecule has 0 saturated carbocycles. The molecule has 0 aliphatic heterocycles. The predicted octanol–water partition coefficient (Wildman–Crippen LogP) is 2.60. The first kappa shape index (κ1) is 14.7. The van der Waals surface area contributed by atoms with E-state index in [1.165, 1.54) is 11.3 Å². The molecule has 1 heterocycles. The highest BCUT2D eigenvalue weighted by molar-refractivity contribution is 7.91. The first-order chi connectivity index (χ1) is 9.40. The summed E-state index contributed by atoms with van der Waals surface area (Å²) in [5, 5.41) is 10.6. The van der Waals surface area contributed by atoms with Crippen LogP contribution in [0.5, 0.6) is 0 Å². The average Bonchev–Trinajstić information content (AvgIpc) is 2.89. The van der Waals surface area contributed by atoms with Gasteiger partial charge >= 0.3 is 5.97 Å². The number of sulfone groups is 1. The number of hydrogen-bond donors (Lipinski definition) is 1. The Balaban J connectivity index is 2.23. The topological polar surface area (TPSA) is 71.4 Å². The van der Waals surface area contributed by atoms with Crippen molar-refractivity contribution in [3.05, 3.63) is 52.0 Å². The van der Waals surface area contributed by atoms with E-state index in [1.54, 1.807) is 0 Å². The van der Waals surface area contributed by atoms with Gasteiger partial charge < -0.3 is 5.11 Å². The van der Waals surface area contributed by atoms with E-state index in [0.29, 0.717) is 6.42 Å². The van der Waals surface area contributed by atoms with Crippen LogP contribution >= 0.6 is 11.3 Å². The molecule has 0 bridgehead atoms. The standard InChI is InChI=1S/C13H11FO4S2/c14-11-8-9(13(15)16)3-4-12(11)20(17,18)7-5-10-2-1-6-19-10/h1-4,6,8H,5,7H2,(H,15,16). The minimum atomic E-state index is -3.77. The Morgan fingerprint density at radius 1 is 1.30 bits per heavy atom. The Morgan fingerprint density at radius 3 is 2.60 bits per heavy atom. The number of rotatable bonds is 5. The number of aromatic carboxylic acids is 1. The molecule has 1 aromatic heterocycles. The van der Waals surface area contributed by atoms with Crippen LogP contribution in [0.2, 0.25) is 0 Å². The molecule has 0 aliphatic rings. The fraction of sp³-hybridized carbons (Fsp3) is 0.154. The van der Waals surface area contributed by atoms with Crippen molar-refractivity contribution in [1.29, 1.82) is 0 Å². The zero-order valence-corrected chi connectivity index (χ0v) is 11.9. The third-order valence-electron chi connectivity index (χ3n) is 2.71. The molecule has 1 N–H and O–H groups in total. The number of carboxylic acid groups (broad SMARTS) is 1. The lowest BCUT2D eigenvalue weighted by molar-refractivity contribution is 0.0696. The summed E-state index contributed by atoms with van der Waals surface area (Å²) in [7, 11) is -3.77. The summed E-state index contributed by atoms with van der Waals surface area (Å²) in [6.45, 7) is 0. The molecule has 0 spiro atoms. The lowest BCUT2D eigenvalue weighted by Gasteiger charge is -2.06. The van der Waals surface area contributed by atoms with Crippen LogP contribution in [0.15, 0.2) is 40.6 Å². The maximum absolute atomic E-state index is 13.7. The molecule has 0 saturated heterocycles. The SMILES string of the molecule is O=C(O)c1ccc(S(=O)(=O)CCc2cccs2)c(F)c1. The number of halogens is 1. The second-order valence-electron chi connectivity index (χ2n) is 4.10. The third-order valence-corrected chi connectivity index (χ3v) is 5.39. The van der Waals surface area contributed by atoms with Gasteiger partial charge in [0, 0.05) is 4.88 Å². The molecule has 2 aromatic rings. The molecule has 106 valence electrons. The second-order valence-corrected chi connectivity index (χ2v) is 7.21. The first-order valence-electron chi connectivity index (χ1n) is 5.68. The average molecular weight is 314 g/mol. The summed E-state index contributed by atoms with van der Waals surface area (Å²) in [6.07, 6.45) is 0.306. The van der Waals surface area contributed by atoms with Crippen LogP contribution in [-0.2, 0) is 16.3 Å². The van der Waals surface area contributed by atoms with E-state index in [2.05, 4.69) is 0 Å². The number of carbonyl (C=O) groups is 1. The molecule has 7 heteroatoms. The molecular weight excluding hydrogens is 303 g/mol. The van der Waals surface area contributed by atoms with Crippen LogP contribution in [0.4, 0.5) is 4.39 Å². The van der Waals surface area contributed by atoms with Gasteiger partial charge in [-0.25, -0.2) is 17.6 Å². The number of benzene rings is 1. The van der Waals surface area contributed by atoms with E-state index in [0.717, 1.165) is 23.1 Å². The van der Waals surface area contributed by atoms with Crippen LogP contribution in [0.3, 0.4) is 0 Å². The van der Waals surface area contributed by atoms with Crippen LogP contribution < -0.4 is 0 Å². The van der Waals surface area contributed by atoms with Gasteiger partial charge in [0.25, 0.3) is 0 Å². The van der Waals surface area contributed by atoms with Gasteiger partial charge in [-0.05, 0) is 36.1 Å². The molecule has 4 nitrogen and oxygen atoms in total. The molecule has 2 rings (SSSR count). The summed E-state index contributed by atoms with van der Waals surface area (Å²) in [4.78, 5) is 11.1. The highest BCUT2D eigenvalue weighted by atomic mass is 32.2. The van der Waals surface area contributed by atoms with E-state index in [-0.39, 0.29) is 11.3 Å². The van der Waals surface area contributed by atoms with Gasteiger partial charge in [0.1, 0.15) is 10.7 Å². The Bertz CT molecular complexity index is 721. The van der Waals surface area contributed by atoms with Crippen LogP contribution in [0.25, 0.3) is 0 Å². The van der Waals surface area contributed by atoms with Gasteiger partial charge in [0.05, 0.1) is 11.3 Å². The van der Waals surface area contributed by atoms with Crippen molar-refractivity contribution in [3.8, 4) is 0 Å². The highest BCUT2D eigenvalue weighted by Gasteiger charge is 2.20. The van der Waals surface area contributed by atoms with Gasteiger partial charge in [-0.1, -0.05) is 6.07 Å². The zero-order valence-electron chi connectivity index (χ0n) is 10.2. The van der Waals surface area contributed by atoms with E-state index >= 15 is 0 Å². The van der Waals surface area contributed by atoms with Crippen molar-refractivity contribution in [1.82, 2.24) is 0 Å². The van der Waals surface area contributed by atoms with E-state index < -0.39 is 26.5 Å². The van der Waals surface area contributed by atoms with Crippen molar-refractivity contribution in [2.75, 3.05) is 5.75 Å². The largest absolute Gasteiger partial charge is 0.478 e. The van der Waals surface area contributed by atoms with Crippen molar-refractivity contribution in [2.24, 2.45) is 0 Å². The summed E-state index contributed by atoms with van der Waals surface area (Å²) in [5.41, 5.74) is -0.278. The Morgan fingerprint density at radius 2 is 2.05 bits per heavy atom. The van der Waals surface area contributed by atoms with Crippen LogP contribution in [0.1, 0.15) is 15.2 Å². The number of aryl methyl sites for hydroxylation is 1. The van der Waals surface area contributed by atoms with Crippen molar-refractivity contribution in [2.45, 2.75) is 11.3 Å². The molecule has 20 heavy (non-hydrogen) atoms. The minimum Gasteiger partial charge on any atom is -0.478 e. The molecule has 0 amide bonds. The monoisotopic (exact) mass is 314 g/mol. The van der Waals surface area contributed by atoms with Crippen LogP contribution in [-0.4, -0.2) is 25.2 Å². The van der Waals surface area contributed by atoms with Gasteiger partial charge in [-0.2, -0.15) is 0 Å².